The van der Waals surface area contributed by atoms with Gasteiger partial charge in [-0.15, -0.1) is 0 Å². The number of anilines is 1. The van der Waals surface area contributed by atoms with Crippen molar-refractivity contribution < 1.29 is 22.7 Å². The Morgan fingerprint density at radius 2 is 2.08 bits per heavy atom. The van der Waals surface area contributed by atoms with Gasteiger partial charge in [0.2, 0.25) is 15.9 Å². The molecule has 1 saturated heterocycles. The fraction of sp³-hybridized carbons (Fsp3) is 0.588. The molecule has 140 valence electrons. The highest BCUT2D eigenvalue weighted by Gasteiger charge is 2.29. The first kappa shape index (κ1) is 19.5. The van der Waals surface area contributed by atoms with Gasteiger partial charge in [-0.1, -0.05) is 0 Å². The Morgan fingerprint density at radius 1 is 1.40 bits per heavy atom. The maximum Gasteiger partial charge on any atom is 0.243 e. The third-order valence-electron chi connectivity index (χ3n) is 4.02. The third kappa shape index (κ3) is 5.34. The van der Waals surface area contributed by atoms with Crippen LogP contribution in [0, 0.1) is 0 Å². The zero-order valence-electron chi connectivity index (χ0n) is 14.9. The molecule has 2 atom stereocenters. The second-order valence-electron chi connectivity index (χ2n) is 6.04. The van der Waals surface area contributed by atoms with E-state index in [-0.39, 0.29) is 12.0 Å². The maximum absolute atomic E-state index is 12.4. The van der Waals surface area contributed by atoms with Crippen LogP contribution in [0.3, 0.4) is 0 Å². The smallest absolute Gasteiger partial charge is 0.243 e. The summed E-state index contributed by atoms with van der Waals surface area (Å²) in [4.78, 5) is 12.4. The van der Waals surface area contributed by atoms with E-state index in [1.54, 1.807) is 31.2 Å². The van der Waals surface area contributed by atoms with Crippen LogP contribution in [0.5, 0.6) is 5.75 Å². The van der Waals surface area contributed by atoms with Gasteiger partial charge in [0.1, 0.15) is 11.8 Å². The summed E-state index contributed by atoms with van der Waals surface area (Å²) in [5, 5.41) is 2.78. The summed E-state index contributed by atoms with van der Waals surface area (Å²) >= 11 is 0. The van der Waals surface area contributed by atoms with Gasteiger partial charge in [0.25, 0.3) is 0 Å². The lowest BCUT2D eigenvalue weighted by Gasteiger charge is -2.28. The molecule has 8 heteroatoms. The molecule has 1 heterocycles. The summed E-state index contributed by atoms with van der Waals surface area (Å²) in [6.07, 6.45) is 2.99. The van der Waals surface area contributed by atoms with Gasteiger partial charge in [-0.2, -0.15) is 0 Å². The van der Waals surface area contributed by atoms with Crippen molar-refractivity contribution in [1.29, 1.82) is 0 Å². The number of carbonyl (C=O) groups is 1. The molecule has 7 nitrogen and oxygen atoms in total. The highest BCUT2D eigenvalue weighted by molar-refractivity contribution is 7.92. The van der Waals surface area contributed by atoms with Gasteiger partial charge in [-0.25, -0.2) is 8.42 Å². The normalized spacial score (nSPS) is 18.6. The zero-order chi connectivity index (χ0) is 18.4. The summed E-state index contributed by atoms with van der Waals surface area (Å²) in [6, 6.07) is 5.78. The summed E-state index contributed by atoms with van der Waals surface area (Å²) in [5.74, 6) is 0.296. The number of sulfonamides is 1. The van der Waals surface area contributed by atoms with Gasteiger partial charge in [0.15, 0.2) is 0 Å². The molecule has 0 saturated carbocycles. The number of rotatable bonds is 8. The van der Waals surface area contributed by atoms with Gasteiger partial charge in [0, 0.05) is 13.2 Å². The standard InChI is InChI=1S/C17H26N2O5S/c1-4-23-15-9-7-14(8-10-15)19(25(3,21)22)13(2)17(20)18-12-16-6-5-11-24-16/h7-10,13,16H,4-6,11-12H2,1-3H3,(H,18,20)/t13-,16-/m0/s1. The van der Waals surface area contributed by atoms with E-state index < -0.39 is 16.1 Å². The average molecular weight is 370 g/mol. The highest BCUT2D eigenvalue weighted by Crippen LogP contribution is 2.24. The van der Waals surface area contributed by atoms with Gasteiger partial charge in [-0.05, 0) is 51.0 Å². The topological polar surface area (TPSA) is 84.9 Å². The van der Waals surface area contributed by atoms with Crippen molar-refractivity contribution in [3.63, 3.8) is 0 Å². The van der Waals surface area contributed by atoms with Crippen molar-refractivity contribution in [1.82, 2.24) is 5.32 Å². The van der Waals surface area contributed by atoms with Gasteiger partial charge in [0.05, 0.1) is 24.7 Å². The number of hydrogen-bond donors (Lipinski definition) is 1. The SMILES string of the molecule is CCOc1ccc(N([C@@H](C)C(=O)NC[C@@H]2CCCO2)S(C)(=O)=O)cc1. The Kier molecular flexibility index (Phi) is 6.66. The Morgan fingerprint density at radius 3 is 2.60 bits per heavy atom. The summed E-state index contributed by atoms with van der Waals surface area (Å²) in [7, 11) is -3.62. The van der Waals surface area contributed by atoms with Crippen LogP contribution in [0.15, 0.2) is 24.3 Å². The van der Waals surface area contributed by atoms with Crippen LogP contribution in [-0.2, 0) is 19.6 Å². The molecular weight excluding hydrogens is 344 g/mol. The molecule has 1 aromatic carbocycles. The van der Waals surface area contributed by atoms with Crippen molar-refractivity contribution in [2.75, 3.05) is 30.3 Å². The number of amides is 1. The van der Waals surface area contributed by atoms with E-state index in [1.165, 1.54) is 0 Å². The van der Waals surface area contributed by atoms with Gasteiger partial charge < -0.3 is 14.8 Å². The third-order valence-corrected chi connectivity index (χ3v) is 5.26. The first-order valence-corrected chi connectivity index (χ1v) is 10.3. The van der Waals surface area contributed by atoms with Gasteiger partial charge >= 0.3 is 0 Å². The minimum Gasteiger partial charge on any atom is -0.494 e. The number of nitrogens with one attached hydrogen (secondary N) is 1. The fourth-order valence-electron chi connectivity index (χ4n) is 2.83. The number of benzene rings is 1. The molecule has 0 unspecified atom stereocenters. The number of hydrogen-bond acceptors (Lipinski definition) is 5. The van der Waals surface area contributed by atoms with Crippen LogP contribution >= 0.6 is 0 Å². The molecule has 0 aromatic heterocycles. The van der Waals surface area contributed by atoms with Crippen molar-refractivity contribution in [3.8, 4) is 5.75 Å². The molecule has 2 rings (SSSR count). The van der Waals surface area contributed by atoms with Crippen molar-refractivity contribution >= 4 is 21.6 Å². The van der Waals surface area contributed by atoms with Crippen LogP contribution in [0.4, 0.5) is 5.69 Å². The van der Waals surface area contributed by atoms with E-state index >= 15 is 0 Å². The Balaban J connectivity index is 2.11. The molecule has 0 radical (unpaired) electrons. The van der Waals surface area contributed by atoms with Gasteiger partial charge in [-0.3, -0.25) is 9.10 Å². The van der Waals surface area contributed by atoms with Crippen LogP contribution in [0.1, 0.15) is 26.7 Å². The van der Waals surface area contributed by atoms with Crippen molar-refractivity contribution in [2.24, 2.45) is 0 Å². The Hall–Kier alpha value is -1.80. The molecular formula is C17H26N2O5S. The Bertz CT molecular complexity index is 669. The lowest BCUT2D eigenvalue weighted by molar-refractivity contribution is -0.122. The quantitative estimate of drug-likeness (QED) is 0.750. The largest absolute Gasteiger partial charge is 0.494 e. The molecule has 0 aliphatic carbocycles. The molecule has 1 aliphatic rings. The van der Waals surface area contributed by atoms with E-state index in [0.717, 1.165) is 23.4 Å². The zero-order valence-corrected chi connectivity index (χ0v) is 15.7. The number of ether oxygens (including phenoxy) is 2. The number of carbonyl (C=O) groups excluding carboxylic acids is 1. The predicted molar refractivity (Wildman–Crippen MR) is 96.4 cm³/mol. The molecule has 25 heavy (non-hydrogen) atoms. The maximum atomic E-state index is 12.4. The first-order valence-electron chi connectivity index (χ1n) is 8.44. The molecule has 1 aliphatic heterocycles. The molecule has 1 N–H and O–H groups in total. The summed E-state index contributed by atoms with van der Waals surface area (Å²) < 4.78 is 36.4. The minimum absolute atomic E-state index is 0.00769. The van der Waals surface area contributed by atoms with Crippen molar-refractivity contribution in [2.45, 2.75) is 38.8 Å². The first-order chi connectivity index (χ1) is 11.8. The number of nitrogens with zero attached hydrogens (tertiary/aromatic N) is 1. The van der Waals surface area contributed by atoms with E-state index in [2.05, 4.69) is 5.32 Å². The lowest BCUT2D eigenvalue weighted by atomic mass is 10.2. The molecule has 0 bridgehead atoms. The van der Waals surface area contributed by atoms with Crippen LogP contribution in [0.2, 0.25) is 0 Å². The van der Waals surface area contributed by atoms with E-state index in [1.807, 2.05) is 6.92 Å². The highest BCUT2D eigenvalue weighted by atomic mass is 32.2. The second kappa shape index (κ2) is 8.53. The average Bonchev–Trinajstić information content (AvgIpc) is 3.07. The molecule has 1 aromatic rings. The van der Waals surface area contributed by atoms with E-state index in [9.17, 15) is 13.2 Å². The lowest BCUT2D eigenvalue weighted by Crippen LogP contribution is -2.49. The fourth-order valence-corrected chi connectivity index (χ4v) is 4.01. The predicted octanol–water partition coefficient (Wildman–Crippen LogP) is 1.53. The minimum atomic E-state index is -3.62. The molecule has 1 fully saturated rings. The van der Waals surface area contributed by atoms with Crippen LogP contribution in [0.25, 0.3) is 0 Å². The van der Waals surface area contributed by atoms with Crippen LogP contribution in [-0.4, -0.2) is 52.5 Å². The Labute approximate surface area is 149 Å². The summed E-state index contributed by atoms with van der Waals surface area (Å²) in [6.45, 7) is 5.07. The molecule has 0 spiro atoms. The van der Waals surface area contributed by atoms with Crippen molar-refractivity contribution in [3.05, 3.63) is 24.3 Å². The monoisotopic (exact) mass is 370 g/mol. The van der Waals surface area contributed by atoms with E-state index in [4.69, 9.17) is 9.47 Å². The second-order valence-corrected chi connectivity index (χ2v) is 7.90. The summed E-state index contributed by atoms with van der Waals surface area (Å²) in [5.41, 5.74) is 0.422. The molecule has 1 amide bonds. The van der Waals surface area contributed by atoms with Crippen LogP contribution < -0.4 is 14.4 Å². The van der Waals surface area contributed by atoms with E-state index in [0.29, 0.717) is 31.2 Å².